The van der Waals surface area contributed by atoms with Crippen LogP contribution in [0.3, 0.4) is 0 Å². The number of aliphatic hydroxyl groups is 1. The molecule has 0 bridgehead atoms. The lowest BCUT2D eigenvalue weighted by Crippen LogP contribution is -2.40. The highest BCUT2D eigenvalue weighted by Crippen LogP contribution is 2.13. The van der Waals surface area contributed by atoms with Crippen LogP contribution < -0.4 is 5.32 Å². The molecule has 0 rings (SSSR count). The van der Waals surface area contributed by atoms with Crippen LogP contribution in [0.15, 0.2) is 0 Å². The predicted molar refractivity (Wildman–Crippen MR) is 107 cm³/mol. The number of amides is 1. The maximum atomic E-state index is 11.7. The third kappa shape index (κ3) is 16.1. The summed E-state index contributed by atoms with van der Waals surface area (Å²) in [5.74, 6) is 0. The van der Waals surface area contributed by atoms with Crippen LogP contribution in [0.1, 0.15) is 72.6 Å². The third-order valence-electron chi connectivity index (χ3n) is 3.78. The average Bonchev–Trinajstić information content (AvgIpc) is 2.61. The average molecular weight is 383 g/mol. The van der Waals surface area contributed by atoms with Crippen LogP contribution in [0.25, 0.3) is 0 Å². The van der Waals surface area contributed by atoms with Crippen molar-refractivity contribution in [2.45, 2.75) is 90.3 Å². The Hall–Kier alpha value is -1.83. The molecule has 0 aromatic heterocycles. The number of carbonyl (C=O) groups is 1. The topological polar surface area (TPSA) is 109 Å². The minimum Gasteiger partial charge on any atom is -0.444 e. The van der Waals surface area contributed by atoms with E-state index in [9.17, 15) is 4.79 Å². The van der Waals surface area contributed by atoms with Crippen molar-refractivity contribution in [3.63, 3.8) is 0 Å². The zero-order valence-corrected chi connectivity index (χ0v) is 17.9. The Balaban J connectivity index is 0. The van der Waals surface area contributed by atoms with Crippen molar-refractivity contribution in [1.82, 2.24) is 10.2 Å². The van der Waals surface area contributed by atoms with Crippen LogP contribution in [-0.2, 0) is 4.74 Å². The third-order valence-corrected chi connectivity index (χ3v) is 3.78. The molecule has 0 aromatic rings. The van der Waals surface area contributed by atoms with Crippen molar-refractivity contribution >= 4 is 6.09 Å². The zero-order chi connectivity index (χ0) is 21.3. The maximum absolute atomic E-state index is 11.7. The van der Waals surface area contributed by atoms with Crippen LogP contribution in [0.4, 0.5) is 4.79 Å². The number of ether oxygens (including phenoxy) is 1. The monoisotopic (exact) mass is 382 g/mol. The summed E-state index contributed by atoms with van der Waals surface area (Å²) in [5, 5.41) is 28.8. The molecular formula is C20H38N4O3. The number of aliphatic hydroxyl groups excluding tert-OH is 1. The van der Waals surface area contributed by atoms with E-state index >= 15 is 0 Å². The number of hydrogen-bond donors (Lipinski definition) is 2. The molecule has 156 valence electrons. The number of hydrogen-bond acceptors (Lipinski definition) is 6. The first-order chi connectivity index (χ1) is 12.7. The number of nitriles is 2. The number of rotatable bonds is 10. The van der Waals surface area contributed by atoms with Crippen molar-refractivity contribution in [3.05, 3.63) is 0 Å². The molecule has 0 spiro atoms. The molecule has 27 heavy (non-hydrogen) atoms. The van der Waals surface area contributed by atoms with Gasteiger partial charge in [0.15, 0.2) is 0 Å². The van der Waals surface area contributed by atoms with Gasteiger partial charge in [-0.3, -0.25) is 4.90 Å². The highest BCUT2D eigenvalue weighted by molar-refractivity contribution is 5.68. The molecule has 0 heterocycles. The molecule has 0 aliphatic carbocycles. The van der Waals surface area contributed by atoms with E-state index in [2.05, 4.69) is 24.4 Å². The van der Waals surface area contributed by atoms with Crippen molar-refractivity contribution in [2.24, 2.45) is 0 Å². The van der Waals surface area contributed by atoms with Crippen LogP contribution in [0.2, 0.25) is 0 Å². The molecule has 0 aliphatic heterocycles. The van der Waals surface area contributed by atoms with Crippen LogP contribution in [0.5, 0.6) is 0 Å². The van der Waals surface area contributed by atoms with Gasteiger partial charge in [-0.1, -0.05) is 26.2 Å². The molecule has 2 N–H and O–H groups in total. The SMILES string of the molecule is CCCCCC(C#N)N(C)C(=O)OC(C)(C)C.CNC(C#N)CCCCO. The number of nitrogens with zero attached hydrogens (tertiary/aromatic N) is 3. The first-order valence-electron chi connectivity index (χ1n) is 9.69. The number of nitrogens with one attached hydrogen (secondary N) is 1. The number of carbonyl (C=O) groups excluding carboxylic acids is 1. The molecule has 0 saturated heterocycles. The lowest BCUT2D eigenvalue weighted by atomic mass is 10.1. The molecule has 0 aliphatic rings. The molecule has 0 fully saturated rings. The first-order valence-corrected chi connectivity index (χ1v) is 9.69. The van der Waals surface area contributed by atoms with E-state index in [1.165, 1.54) is 4.90 Å². The van der Waals surface area contributed by atoms with Gasteiger partial charge in [-0.25, -0.2) is 4.79 Å². The van der Waals surface area contributed by atoms with E-state index in [1.807, 2.05) is 20.8 Å². The summed E-state index contributed by atoms with van der Waals surface area (Å²) in [5.41, 5.74) is -0.519. The lowest BCUT2D eigenvalue weighted by Gasteiger charge is -2.27. The molecular weight excluding hydrogens is 344 g/mol. The Morgan fingerprint density at radius 1 is 1.15 bits per heavy atom. The molecule has 1 amide bonds. The minimum absolute atomic E-state index is 0.0495. The van der Waals surface area contributed by atoms with Crippen LogP contribution >= 0.6 is 0 Å². The van der Waals surface area contributed by atoms with Crippen LogP contribution in [-0.4, -0.2) is 54.5 Å². The summed E-state index contributed by atoms with van der Waals surface area (Å²) in [6.07, 6.45) is 5.96. The second-order valence-corrected chi connectivity index (χ2v) is 7.42. The summed E-state index contributed by atoms with van der Waals surface area (Å²) in [4.78, 5) is 13.1. The van der Waals surface area contributed by atoms with Crippen molar-refractivity contribution in [1.29, 1.82) is 10.5 Å². The van der Waals surface area contributed by atoms with Gasteiger partial charge in [0.25, 0.3) is 0 Å². The summed E-state index contributed by atoms with van der Waals surface area (Å²) in [6, 6.07) is 3.83. The fourth-order valence-electron chi connectivity index (χ4n) is 2.13. The van der Waals surface area contributed by atoms with E-state index in [0.717, 1.165) is 38.5 Å². The summed E-state index contributed by atoms with van der Waals surface area (Å²) in [6.45, 7) is 7.78. The fourth-order valence-corrected chi connectivity index (χ4v) is 2.13. The van der Waals surface area contributed by atoms with Crippen molar-refractivity contribution in [3.8, 4) is 12.1 Å². The molecule has 2 atom stereocenters. The maximum Gasteiger partial charge on any atom is 0.411 e. The second-order valence-electron chi connectivity index (χ2n) is 7.42. The summed E-state index contributed by atoms with van der Waals surface area (Å²) in [7, 11) is 3.39. The molecule has 0 aromatic carbocycles. The van der Waals surface area contributed by atoms with E-state index in [0.29, 0.717) is 6.42 Å². The molecule has 7 nitrogen and oxygen atoms in total. The molecule has 0 saturated carbocycles. The highest BCUT2D eigenvalue weighted by Gasteiger charge is 2.24. The number of unbranched alkanes of at least 4 members (excludes halogenated alkanes) is 3. The Morgan fingerprint density at radius 2 is 1.74 bits per heavy atom. The van der Waals surface area contributed by atoms with Gasteiger partial charge in [0, 0.05) is 13.7 Å². The normalized spacial score (nSPS) is 12.6. The molecule has 7 heteroatoms. The Kier molecular flexibility index (Phi) is 16.6. The summed E-state index contributed by atoms with van der Waals surface area (Å²) >= 11 is 0. The Labute approximate surface area is 165 Å². The van der Waals surface area contributed by atoms with Gasteiger partial charge < -0.3 is 15.2 Å². The quantitative estimate of drug-likeness (QED) is 0.559. The zero-order valence-electron chi connectivity index (χ0n) is 17.9. The second kappa shape index (κ2) is 16.4. The van der Waals surface area contributed by atoms with Gasteiger partial charge >= 0.3 is 6.09 Å². The van der Waals surface area contributed by atoms with Crippen LogP contribution in [0, 0.1) is 22.7 Å². The van der Waals surface area contributed by atoms with Crippen molar-refractivity contribution < 1.29 is 14.6 Å². The van der Waals surface area contributed by atoms with Gasteiger partial charge in [-0.15, -0.1) is 0 Å². The smallest absolute Gasteiger partial charge is 0.411 e. The van der Waals surface area contributed by atoms with Gasteiger partial charge in [0.05, 0.1) is 18.2 Å². The lowest BCUT2D eigenvalue weighted by molar-refractivity contribution is 0.0253. The first kappa shape index (κ1) is 27.4. The fraction of sp³-hybridized carbons (Fsp3) is 0.850. The molecule has 2 unspecified atom stereocenters. The van der Waals surface area contributed by atoms with Gasteiger partial charge in [0.1, 0.15) is 11.6 Å². The largest absolute Gasteiger partial charge is 0.444 e. The van der Waals surface area contributed by atoms with E-state index in [4.69, 9.17) is 20.4 Å². The highest BCUT2D eigenvalue weighted by atomic mass is 16.6. The van der Waals surface area contributed by atoms with E-state index in [1.54, 1.807) is 14.1 Å². The Morgan fingerprint density at radius 3 is 2.15 bits per heavy atom. The standard InChI is InChI=1S/C13H24N2O2.C7H14N2O/c1-6-7-8-9-11(10-14)15(5)12(16)17-13(2,3)4;1-9-7(6-8)4-2-3-5-10/h11H,6-9H2,1-5H3;7,9-10H,2-5H2,1H3. The Bertz CT molecular complexity index is 463. The van der Waals surface area contributed by atoms with Gasteiger partial charge in [0.2, 0.25) is 0 Å². The molecule has 0 radical (unpaired) electrons. The van der Waals surface area contributed by atoms with Gasteiger partial charge in [-0.2, -0.15) is 10.5 Å². The predicted octanol–water partition coefficient (Wildman–Crippen LogP) is 3.59. The van der Waals surface area contributed by atoms with E-state index in [-0.39, 0.29) is 12.6 Å². The summed E-state index contributed by atoms with van der Waals surface area (Å²) < 4.78 is 5.22. The minimum atomic E-state index is -0.519. The van der Waals surface area contributed by atoms with Gasteiger partial charge in [-0.05, 0) is 53.5 Å². The van der Waals surface area contributed by atoms with E-state index < -0.39 is 17.7 Å². The van der Waals surface area contributed by atoms with Crippen molar-refractivity contribution in [2.75, 3.05) is 20.7 Å².